The van der Waals surface area contributed by atoms with Crippen molar-refractivity contribution < 1.29 is 28.2 Å². The van der Waals surface area contributed by atoms with Crippen LogP contribution in [0.25, 0.3) is 0 Å². The molecule has 0 saturated heterocycles. The average molecular weight is 352 g/mol. The third kappa shape index (κ3) is 5.17. The summed E-state index contributed by atoms with van der Waals surface area (Å²) >= 11 is 0. The third-order valence-electron chi connectivity index (χ3n) is 3.98. The van der Waals surface area contributed by atoms with Gasteiger partial charge in [0.15, 0.2) is 6.10 Å². The van der Waals surface area contributed by atoms with Crippen LogP contribution in [-0.4, -0.2) is 37.2 Å². The maximum Gasteiger partial charge on any atom is 0.341 e. The molecule has 1 atom stereocenters. The quantitative estimate of drug-likeness (QED) is 0.792. The van der Waals surface area contributed by atoms with Gasteiger partial charge in [-0.2, -0.15) is 0 Å². The van der Waals surface area contributed by atoms with E-state index < -0.39 is 29.8 Å². The summed E-state index contributed by atoms with van der Waals surface area (Å²) in [6.07, 6.45) is 2.59. The molecule has 0 radical (unpaired) electrons. The smallest absolute Gasteiger partial charge is 0.341 e. The van der Waals surface area contributed by atoms with Gasteiger partial charge in [-0.3, -0.25) is 10.1 Å². The van der Waals surface area contributed by atoms with E-state index in [-0.39, 0.29) is 17.4 Å². The number of methoxy groups -OCH3 is 1. The van der Waals surface area contributed by atoms with Crippen LogP contribution in [0.5, 0.6) is 5.75 Å². The lowest BCUT2D eigenvalue weighted by Gasteiger charge is -2.15. The van der Waals surface area contributed by atoms with Crippen LogP contribution in [-0.2, 0) is 9.53 Å². The molecular formula is C17H21FN2O5. The van der Waals surface area contributed by atoms with E-state index in [0.717, 1.165) is 31.7 Å². The topological polar surface area (TPSA) is 93.7 Å². The molecule has 1 aliphatic rings. The summed E-state index contributed by atoms with van der Waals surface area (Å²) in [5.41, 5.74) is -0.323. The molecule has 25 heavy (non-hydrogen) atoms. The number of nitrogens with one attached hydrogen (secondary N) is 2. The third-order valence-corrected chi connectivity index (χ3v) is 3.98. The lowest BCUT2D eigenvalue weighted by Crippen LogP contribution is -2.47. The molecule has 2 N–H and O–H groups in total. The standard InChI is InChI=1S/C17H21FN2O5/c1-10(15(21)20-17(23)19-11-5-3-4-6-11)25-16(22)13-8-7-12(24-2)9-14(13)18/h7-11H,3-6H2,1-2H3,(H2,19,20,21,23)/t10-/m0/s1. The molecule has 1 aromatic carbocycles. The maximum absolute atomic E-state index is 13.8. The van der Waals surface area contributed by atoms with E-state index in [2.05, 4.69) is 10.6 Å². The molecule has 1 aromatic rings. The molecule has 8 heteroatoms. The Kier molecular flexibility index (Phi) is 6.32. The monoisotopic (exact) mass is 352 g/mol. The molecule has 1 fully saturated rings. The first-order chi connectivity index (χ1) is 11.9. The van der Waals surface area contributed by atoms with Crippen molar-refractivity contribution in [2.45, 2.75) is 44.8 Å². The van der Waals surface area contributed by atoms with Crippen molar-refractivity contribution in [1.29, 1.82) is 0 Å². The van der Waals surface area contributed by atoms with Crippen LogP contribution in [0, 0.1) is 5.82 Å². The number of hydrogen-bond donors (Lipinski definition) is 2. The predicted molar refractivity (Wildman–Crippen MR) is 86.8 cm³/mol. The summed E-state index contributed by atoms with van der Waals surface area (Å²) in [4.78, 5) is 35.6. The van der Waals surface area contributed by atoms with Gasteiger partial charge in [-0.05, 0) is 31.9 Å². The minimum atomic E-state index is -1.25. The van der Waals surface area contributed by atoms with Crippen LogP contribution in [0.2, 0.25) is 0 Å². The van der Waals surface area contributed by atoms with Gasteiger partial charge in [-0.25, -0.2) is 14.0 Å². The maximum atomic E-state index is 13.8. The summed E-state index contributed by atoms with van der Waals surface area (Å²) in [6.45, 7) is 1.30. The number of imide groups is 1. The number of urea groups is 1. The number of amides is 3. The summed E-state index contributed by atoms with van der Waals surface area (Å²) in [6, 6.07) is 3.07. The van der Waals surface area contributed by atoms with Crippen LogP contribution in [0.1, 0.15) is 43.0 Å². The van der Waals surface area contributed by atoms with Gasteiger partial charge in [-0.1, -0.05) is 12.8 Å². The highest BCUT2D eigenvalue weighted by Gasteiger charge is 2.24. The molecular weight excluding hydrogens is 331 g/mol. The van der Waals surface area contributed by atoms with Gasteiger partial charge in [0, 0.05) is 12.1 Å². The highest BCUT2D eigenvalue weighted by Crippen LogP contribution is 2.18. The van der Waals surface area contributed by atoms with Crippen molar-refractivity contribution >= 4 is 17.9 Å². The van der Waals surface area contributed by atoms with Crippen LogP contribution in [0.4, 0.5) is 9.18 Å². The molecule has 1 saturated carbocycles. The van der Waals surface area contributed by atoms with Crippen molar-refractivity contribution in [2.75, 3.05) is 7.11 Å². The Morgan fingerprint density at radius 3 is 2.52 bits per heavy atom. The van der Waals surface area contributed by atoms with E-state index in [1.807, 2.05) is 0 Å². The number of esters is 1. The van der Waals surface area contributed by atoms with E-state index in [9.17, 15) is 18.8 Å². The Balaban J connectivity index is 1.87. The summed E-state index contributed by atoms with van der Waals surface area (Å²) in [5.74, 6) is -2.35. The second-order valence-electron chi connectivity index (χ2n) is 5.84. The molecule has 7 nitrogen and oxygen atoms in total. The van der Waals surface area contributed by atoms with E-state index >= 15 is 0 Å². The van der Waals surface area contributed by atoms with Crippen LogP contribution in [0.3, 0.4) is 0 Å². The fraction of sp³-hybridized carbons (Fsp3) is 0.471. The van der Waals surface area contributed by atoms with Crippen molar-refractivity contribution in [2.24, 2.45) is 0 Å². The minimum absolute atomic E-state index is 0.0547. The molecule has 0 heterocycles. The van der Waals surface area contributed by atoms with Gasteiger partial charge in [0.05, 0.1) is 12.7 Å². The Morgan fingerprint density at radius 1 is 1.24 bits per heavy atom. The number of benzene rings is 1. The summed E-state index contributed by atoms with van der Waals surface area (Å²) in [7, 11) is 1.37. The largest absolute Gasteiger partial charge is 0.497 e. The van der Waals surface area contributed by atoms with Crippen LogP contribution >= 0.6 is 0 Å². The van der Waals surface area contributed by atoms with Gasteiger partial charge < -0.3 is 14.8 Å². The van der Waals surface area contributed by atoms with Crippen molar-refractivity contribution in [3.8, 4) is 5.75 Å². The van der Waals surface area contributed by atoms with Gasteiger partial charge in [-0.15, -0.1) is 0 Å². The molecule has 3 amide bonds. The molecule has 0 spiro atoms. The Hall–Kier alpha value is -2.64. The Labute approximate surface area is 144 Å². The number of hydrogen-bond acceptors (Lipinski definition) is 5. The molecule has 0 unspecified atom stereocenters. The zero-order valence-corrected chi connectivity index (χ0v) is 14.1. The lowest BCUT2D eigenvalue weighted by molar-refractivity contribution is -0.127. The normalized spacial score (nSPS) is 15.3. The minimum Gasteiger partial charge on any atom is -0.497 e. The van der Waals surface area contributed by atoms with Gasteiger partial charge in [0.25, 0.3) is 5.91 Å². The molecule has 136 valence electrons. The van der Waals surface area contributed by atoms with Crippen molar-refractivity contribution in [1.82, 2.24) is 10.6 Å². The van der Waals surface area contributed by atoms with E-state index in [1.165, 1.54) is 26.2 Å². The van der Waals surface area contributed by atoms with E-state index in [4.69, 9.17) is 9.47 Å². The van der Waals surface area contributed by atoms with Crippen LogP contribution in [0.15, 0.2) is 18.2 Å². The van der Waals surface area contributed by atoms with Gasteiger partial charge in [0.1, 0.15) is 11.6 Å². The number of ether oxygens (including phenoxy) is 2. The number of carbonyl (C=O) groups excluding carboxylic acids is 3. The molecule has 0 aliphatic heterocycles. The average Bonchev–Trinajstić information content (AvgIpc) is 3.06. The first-order valence-electron chi connectivity index (χ1n) is 8.06. The Bertz CT molecular complexity index is 658. The lowest BCUT2D eigenvalue weighted by atomic mass is 10.2. The van der Waals surface area contributed by atoms with Gasteiger partial charge in [0.2, 0.25) is 0 Å². The van der Waals surface area contributed by atoms with Crippen LogP contribution < -0.4 is 15.4 Å². The first-order valence-corrected chi connectivity index (χ1v) is 8.06. The number of halogens is 1. The van der Waals surface area contributed by atoms with E-state index in [0.29, 0.717) is 0 Å². The summed E-state index contributed by atoms with van der Waals surface area (Å²) in [5, 5.41) is 4.80. The Morgan fingerprint density at radius 2 is 1.92 bits per heavy atom. The predicted octanol–water partition coefficient (Wildman–Crippen LogP) is 2.15. The second kappa shape index (κ2) is 8.46. The first kappa shape index (κ1) is 18.7. The van der Waals surface area contributed by atoms with Crippen molar-refractivity contribution in [3.63, 3.8) is 0 Å². The molecule has 1 aliphatic carbocycles. The number of carbonyl (C=O) groups is 3. The molecule has 2 rings (SSSR count). The van der Waals surface area contributed by atoms with Gasteiger partial charge >= 0.3 is 12.0 Å². The van der Waals surface area contributed by atoms with Crippen molar-refractivity contribution in [3.05, 3.63) is 29.6 Å². The number of rotatable bonds is 5. The zero-order valence-electron chi connectivity index (χ0n) is 14.1. The fourth-order valence-corrected chi connectivity index (χ4v) is 2.57. The zero-order chi connectivity index (χ0) is 18.4. The second-order valence-corrected chi connectivity index (χ2v) is 5.84. The SMILES string of the molecule is COc1ccc(C(=O)O[C@@H](C)C(=O)NC(=O)NC2CCCC2)c(F)c1. The molecule has 0 aromatic heterocycles. The van der Waals surface area contributed by atoms with E-state index in [1.54, 1.807) is 0 Å². The highest BCUT2D eigenvalue weighted by atomic mass is 19.1. The molecule has 0 bridgehead atoms. The highest BCUT2D eigenvalue weighted by molar-refractivity contribution is 5.98. The summed E-state index contributed by atoms with van der Waals surface area (Å²) < 4.78 is 23.6. The fourth-order valence-electron chi connectivity index (χ4n) is 2.57.